The summed E-state index contributed by atoms with van der Waals surface area (Å²) in [6, 6.07) is 7.49. The maximum atomic E-state index is 11.9. The summed E-state index contributed by atoms with van der Waals surface area (Å²) in [5.41, 5.74) is 0.807. The minimum atomic E-state index is 0.0319. The molecule has 1 aromatic rings. The van der Waals surface area contributed by atoms with Gasteiger partial charge < -0.3 is 15.4 Å². The smallest absolute Gasteiger partial charge is 0.238 e. The molecule has 0 atom stereocenters. The average molecular weight is 277 g/mol. The Kier molecular flexibility index (Phi) is 5.38. The van der Waals surface area contributed by atoms with Gasteiger partial charge in [-0.1, -0.05) is 0 Å². The summed E-state index contributed by atoms with van der Waals surface area (Å²) in [6.45, 7) is 8.18. The van der Waals surface area contributed by atoms with Crippen molar-refractivity contribution < 1.29 is 9.53 Å². The van der Waals surface area contributed by atoms with Crippen LogP contribution in [0.2, 0.25) is 0 Å². The Hall–Kier alpha value is -1.59. The average Bonchev–Trinajstić information content (AvgIpc) is 2.41. The first kappa shape index (κ1) is 14.8. The van der Waals surface area contributed by atoms with Gasteiger partial charge in [0.05, 0.1) is 12.6 Å². The molecule has 0 radical (unpaired) electrons. The fourth-order valence-electron chi connectivity index (χ4n) is 2.16. The van der Waals surface area contributed by atoms with Crippen LogP contribution in [0.3, 0.4) is 0 Å². The second kappa shape index (κ2) is 7.26. The van der Waals surface area contributed by atoms with Crippen LogP contribution in [0.1, 0.15) is 13.8 Å². The lowest BCUT2D eigenvalue weighted by Crippen LogP contribution is -2.46. The van der Waals surface area contributed by atoms with Crippen molar-refractivity contribution in [3.8, 4) is 5.75 Å². The van der Waals surface area contributed by atoms with Crippen molar-refractivity contribution in [1.29, 1.82) is 0 Å². The molecule has 2 N–H and O–H groups in total. The highest BCUT2D eigenvalue weighted by molar-refractivity contribution is 5.92. The quantitative estimate of drug-likeness (QED) is 0.852. The van der Waals surface area contributed by atoms with Gasteiger partial charge in [0.15, 0.2) is 0 Å². The summed E-state index contributed by atoms with van der Waals surface area (Å²) in [6.07, 6.45) is 0.156. The van der Waals surface area contributed by atoms with Crippen LogP contribution in [-0.2, 0) is 4.79 Å². The van der Waals surface area contributed by atoms with Crippen LogP contribution in [0.4, 0.5) is 5.69 Å². The molecule has 1 heterocycles. The number of carbonyl (C=O) groups excluding carboxylic acids is 1. The molecule has 110 valence electrons. The molecular formula is C15H23N3O2. The van der Waals surface area contributed by atoms with E-state index in [9.17, 15) is 4.79 Å². The molecule has 2 rings (SSSR count). The third-order valence-corrected chi connectivity index (χ3v) is 3.09. The first-order valence-electron chi connectivity index (χ1n) is 7.13. The van der Waals surface area contributed by atoms with Crippen LogP contribution in [0.5, 0.6) is 5.75 Å². The van der Waals surface area contributed by atoms with E-state index in [1.807, 2.05) is 38.1 Å². The third kappa shape index (κ3) is 4.83. The standard InChI is InChI=1S/C15H23N3O2/c1-12(2)20-14-5-3-13(4-6-14)17-15(19)11-18-9-7-16-8-10-18/h3-6,12,16H,7-11H2,1-2H3,(H,17,19). The number of nitrogens with zero attached hydrogens (tertiary/aromatic N) is 1. The second-order valence-corrected chi connectivity index (χ2v) is 5.27. The maximum Gasteiger partial charge on any atom is 0.238 e. The Morgan fingerprint density at radius 3 is 2.55 bits per heavy atom. The summed E-state index contributed by atoms with van der Waals surface area (Å²) >= 11 is 0. The summed E-state index contributed by atoms with van der Waals surface area (Å²) in [5.74, 6) is 0.851. The van der Waals surface area contributed by atoms with Gasteiger partial charge in [0.2, 0.25) is 5.91 Å². The lowest BCUT2D eigenvalue weighted by Gasteiger charge is -2.26. The van der Waals surface area contributed by atoms with E-state index >= 15 is 0 Å². The number of anilines is 1. The van der Waals surface area contributed by atoms with Crippen LogP contribution in [0.25, 0.3) is 0 Å². The molecule has 5 nitrogen and oxygen atoms in total. The number of amides is 1. The minimum Gasteiger partial charge on any atom is -0.491 e. The van der Waals surface area contributed by atoms with Crippen molar-refractivity contribution in [3.63, 3.8) is 0 Å². The minimum absolute atomic E-state index is 0.0319. The molecule has 1 aromatic carbocycles. The Morgan fingerprint density at radius 1 is 1.30 bits per heavy atom. The molecule has 0 unspecified atom stereocenters. The molecule has 1 saturated heterocycles. The van der Waals surface area contributed by atoms with Gasteiger partial charge in [0.25, 0.3) is 0 Å². The molecule has 1 aliphatic rings. The van der Waals surface area contributed by atoms with E-state index < -0.39 is 0 Å². The van der Waals surface area contributed by atoms with Crippen molar-refractivity contribution in [2.45, 2.75) is 20.0 Å². The molecule has 0 saturated carbocycles. The van der Waals surface area contributed by atoms with Crippen molar-refractivity contribution >= 4 is 11.6 Å². The van der Waals surface area contributed by atoms with Crippen molar-refractivity contribution in [3.05, 3.63) is 24.3 Å². The Bertz CT molecular complexity index is 425. The largest absolute Gasteiger partial charge is 0.491 e. The zero-order valence-electron chi connectivity index (χ0n) is 12.2. The predicted molar refractivity (Wildman–Crippen MR) is 80.1 cm³/mol. The lowest BCUT2D eigenvalue weighted by atomic mass is 10.3. The second-order valence-electron chi connectivity index (χ2n) is 5.27. The number of carbonyl (C=O) groups is 1. The zero-order chi connectivity index (χ0) is 14.4. The van der Waals surface area contributed by atoms with Gasteiger partial charge in [-0.25, -0.2) is 0 Å². The number of nitrogens with one attached hydrogen (secondary N) is 2. The van der Waals surface area contributed by atoms with Crippen LogP contribution < -0.4 is 15.4 Å². The van der Waals surface area contributed by atoms with Crippen molar-refractivity contribution in [1.82, 2.24) is 10.2 Å². The Balaban J connectivity index is 1.81. The van der Waals surface area contributed by atoms with Crippen molar-refractivity contribution in [2.24, 2.45) is 0 Å². The van der Waals surface area contributed by atoms with Gasteiger partial charge in [-0.3, -0.25) is 9.69 Å². The normalized spacial score (nSPS) is 16.1. The Morgan fingerprint density at radius 2 is 1.95 bits per heavy atom. The van der Waals surface area contributed by atoms with E-state index in [4.69, 9.17) is 4.74 Å². The van der Waals surface area contributed by atoms with Crippen LogP contribution in [-0.4, -0.2) is 49.6 Å². The molecule has 0 aromatic heterocycles. The molecular weight excluding hydrogens is 254 g/mol. The highest BCUT2D eigenvalue weighted by Crippen LogP contribution is 2.16. The number of rotatable bonds is 5. The molecule has 0 bridgehead atoms. The van der Waals surface area contributed by atoms with Crippen LogP contribution in [0.15, 0.2) is 24.3 Å². The van der Waals surface area contributed by atoms with Crippen LogP contribution >= 0.6 is 0 Å². The van der Waals surface area contributed by atoms with Crippen molar-refractivity contribution in [2.75, 3.05) is 38.0 Å². The zero-order valence-corrected chi connectivity index (χ0v) is 12.2. The molecule has 1 aliphatic heterocycles. The number of piperazine rings is 1. The van der Waals surface area contributed by atoms with E-state index in [0.29, 0.717) is 6.54 Å². The highest BCUT2D eigenvalue weighted by atomic mass is 16.5. The van der Waals surface area contributed by atoms with E-state index in [1.165, 1.54) is 0 Å². The molecule has 20 heavy (non-hydrogen) atoms. The van der Waals surface area contributed by atoms with E-state index in [2.05, 4.69) is 15.5 Å². The van der Waals surface area contributed by atoms with Gasteiger partial charge in [-0.2, -0.15) is 0 Å². The van der Waals surface area contributed by atoms with Crippen LogP contribution in [0, 0.1) is 0 Å². The number of hydrogen-bond donors (Lipinski definition) is 2. The molecule has 1 amide bonds. The number of hydrogen-bond acceptors (Lipinski definition) is 4. The molecule has 1 fully saturated rings. The van der Waals surface area contributed by atoms with E-state index in [0.717, 1.165) is 37.6 Å². The monoisotopic (exact) mass is 277 g/mol. The molecule has 0 aliphatic carbocycles. The van der Waals surface area contributed by atoms with Gasteiger partial charge in [-0.05, 0) is 38.1 Å². The number of benzene rings is 1. The predicted octanol–water partition coefficient (Wildman–Crippen LogP) is 1.32. The molecule has 5 heteroatoms. The fourth-order valence-corrected chi connectivity index (χ4v) is 2.16. The number of ether oxygens (including phenoxy) is 1. The maximum absolute atomic E-state index is 11.9. The summed E-state index contributed by atoms with van der Waals surface area (Å²) < 4.78 is 5.57. The first-order chi connectivity index (χ1) is 9.63. The van der Waals surface area contributed by atoms with Gasteiger partial charge in [0.1, 0.15) is 5.75 Å². The fraction of sp³-hybridized carbons (Fsp3) is 0.533. The molecule has 0 spiro atoms. The summed E-state index contributed by atoms with van der Waals surface area (Å²) in [5, 5.41) is 6.19. The Labute approximate surface area is 120 Å². The third-order valence-electron chi connectivity index (χ3n) is 3.09. The van der Waals surface area contributed by atoms with Gasteiger partial charge in [-0.15, -0.1) is 0 Å². The first-order valence-corrected chi connectivity index (χ1v) is 7.13. The summed E-state index contributed by atoms with van der Waals surface area (Å²) in [7, 11) is 0. The lowest BCUT2D eigenvalue weighted by molar-refractivity contribution is -0.117. The topological polar surface area (TPSA) is 53.6 Å². The van der Waals surface area contributed by atoms with Gasteiger partial charge >= 0.3 is 0 Å². The van der Waals surface area contributed by atoms with E-state index in [1.54, 1.807) is 0 Å². The SMILES string of the molecule is CC(C)Oc1ccc(NC(=O)CN2CCNCC2)cc1. The van der Waals surface area contributed by atoms with Gasteiger partial charge in [0, 0.05) is 31.9 Å². The summed E-state index contributed by atoms with van der Waals surface area (Å²) in [4.78, 5) is 14.1. The highest BCUT2D eigenvalue weighted by Gasteiger charge is 2.13. The van der Waals surface area contributed by atoms with E-state index in [-0.39, 0.29) is 12.0 Å².